The van der Waals surface area contributed by atoms with Gasteiger partial charge in [0.2, 0.25) is 0 Å². The smallest absolute Gasteiger partial charge is 0.144 e. The normalized spacial score (nSPS) is 14.7. The minimum atomic E-state index is 0.124. The van der Waals surface area contributed by atoms with Gasteiger partial charge in [0.05, 0.1) is 24.1 Å². The average molecular weight is 264 g/mol. The van der Waals surface area contributed by atoms with Gasteiger partial charge in [-0.25, -0.2) is 0 Å². The number of anilines is 2. The molecule has 3 N–H and O–H groups in total. The highest BCUT2D eigenvalue weighted by molar-refractivity contribution is 5.72. The maximum absolute atomic E-state index is 6.08. The number of rotatable bonds is 8. The fourth-order valence-electron chi connectivity index (χ4n) is 1.85. The van der Waals surface area contributed by atoms with Crippen LogP contribution in [-0.2, 0) is 4.74 Å². The Morgan fingerprint density at radius 3 is 2.84 bits per heavy atom. The summed E-state index contributed by atoms with van der Waals surface area (Å²) in [5.41, 5.74) is 7.65. The van der Waals surface area contributed by atoms with Crippen molar-refractivity contribution < 1.29 is 9.47 Å². The number of para-hydroxylation sites is 1. The molecule has 0 aromatic heterocycles. The molecule has 0 radical (unpaired) electrons. The van der Waals surface area contributed by atoms with Crippen LogP contribution in [0.3, 0.4) is 0 Å². The molecule has 0 saturated heterocycles. The molecular weight excluding hydrogens is 240 g/mol. The van der Waals surface area contributed by atoms with E-state index in [1.165, 1.54) is 12.8 Å². The second-order valence-electron chi connectivity index (χ2n) is 5.33. The Morgan fingerprint density at radius 2 is 2.16 bits per heavy atom. The third-order valence-electron chi connectivity index (χ3n) is 3.04. The summed E-state index contributed by atoms with van der Waals surface area (Å²) in [6, 6.07) is 5.80. The van der Waals surface area contributed by atoms with Gasteiger partial charge in [-0.1, -0.05) is 6.07 Å². The van der Waals surface area contributed by atoms with Gasteiger partial charge in [0, 0.05) is 13.2 Å². The van der Waals surface area contributed by atoms with E-state index in [0.29, 0.717) is 12.3 Å². The molecule has 0 aliphatic heterocycles. The lowest BCUT2D eigenvalue weighted by molar-refractivity contribution is 0.134. The molecule has 0 heterocycles. The zero-order valence-electron chi connectivity index (χ0n) is 11.8. The summed E-state index contributed by atoms with van der Waals surface area (Å²) in [6.45, 7) is 6.36. The number of hydrogen-bond donors (Lipinski definition) is 2. The molecule has 2 rings (SSSR count). The predicted octanol–water partition coefficient (Wildman–Crippen LogP) is 2.89. The molecule has 1 aromatic carbocycles. The van der Waals surface area contributed by atoms with Crippen molar-refractivity contribution in [1.82, 2.24) is 0 Å². The van der Waals surface area contributed by atoms with E-state index in [2.05, 4.69) is 5.32 Å². The third-order valence-corrected chi connectivity index (χ3v) is 3.04. The summed E-state index contributed by atoms with van der Waals surface area (Å²) in [5, 5.41) is 3.29. The molecule has 0 amide bonds. The molecule has 1 fully saturated rings. The van der Waals surface area contributed by atoms with Crippen molar-refractivity contribution in [2.75, 3.05) is 30.8 Å². The van der Waals surface area contributed by atoms with Crippen molar-refractivity contribution in [3.8, 4) is 5.75 Å². The maximum atomic E-state index is 6.08. The second kappa shape index (κ2) is 6.66. The number of nitrogens with two attached hydrogens (primary N) is 1. The molecule has 0 atom stereocenters. The first-order chi connectivity index (χ1) is 9.16. The zero-order valence-corrected chi connectivity index (χ0v) is 11.8. The molecule has 0 unspecified atom stereocenters. The van der Waals surface area contributed by atoms with E-state index >= 15 is 0 Å². The van der Waals surface area contributed by atoms with E-state index in [9.17, 15) is 0 Å². The summed E-state index contributed by atoms with van der Waals surface area (Å²) < 4.78 is 11.2. The molecule has 1 aliphatic carbocycles. The van der Waals surface area contributed by atoms with Gasteiger partial charge in [0.1, 0.15) is 5.75 Å². The summed E-state index contributed by atoms with van der Waals surface area (Å²) in [4.78, 5) is 0. The fraction of sp³-hybridized carbons (Fsp3) is 0.600. The van der Waals surface area contributed by atoms with E-state index < -0.39 is 0 Å². The van der Waals surface area contributed by atoms with Crippen LogP contribution in [0.25, 0.3) is 0 Å². The van der Waals surface area contributed by atoms with Crippen LogP contribution in [0.1, 0.15) is 26.7 Å². The van der Waals surface area contributed by atoms with E-state index in [0.717, 1.165) is 30.5 Å². The van der Waals surface area contributed by atoms with Gasteiger partial charge >= 0.3 is 0 Å². The van der Waals surface area contributed by atoms with Gasteiger partial charge in [0.25, 0.3) is 0 Å². The summed E-state index contributed by atoms with van der Waals surface area (Å²) in [6.07, 6.45) is 2.78. The van der Waals surface area contributed by atoms with Crippen LogP contribution in [-0.4, -0.2) is 25.9 Å². The zero-order chi connectivity index (χ0) is 13.7. The molecule has 106 valence electrons. The molecule has 1 aliphatic rings. The topological polar surface area (TPSA) is 56.5 Å². The minimum absolute atomic E-state index is 0.124. The molecule has 0 spiro atoms. The Balaban J connectivity index is 1.78. The van der Waals surface area contributed by atoms with Gasteiger partial charge in [-0.3, -0.25) is 0 Å². The Bertz CT molecular complexity index is 403. The standard InChI is InChI=1S/C15H24N2O2/c1-11(2)19-14-5-3-4-13(15(14)16)17-8-9-18-10-12-6-7-12/h3-5,11-12,17H,6-10,16H2,1-2H3. The van der Waals surface area contributed by atoms with Gasteiger partial charge in [-0.2, -0.15) is 0 Å². The Hall–Kier alpha value is -1.42. The highest BCUT2D eigenvalue weighted by Gasteiger charge is 2.20. The Labute approximate surface area is 115 Å². The van der Waals surface area contributed by atoms with Crippen molar-refractivity contribution in [3.05, 3.63) is 18.2 Å². The fourth-order valence-corrected chi connectivity index (χ4v) is 1.85. The number of benzene rings is 1. The maximum Gasteiger partial charge on any atom is 0.144 e. The van der Waals surface area contributed by atoms with Crippen LogP contribution in [0.2, 0.25) is 0 Å². The van der Waals surface area contributed by atoms with Crippen LogP contribution in [0.15, 0.2) is 18.2 Å². The molecule has 1 aromatic rings. The van der Waals surface area contributed by atoms with E-state index in [-0.39, 0.29) is 6.10 Å². The first-order valence-corrected chi connectivity index (χ1v) is 7.03. The molecular formula is C15H24N2O2. The lowest BCUT2D eigenvalue weighted by atomic mass is 10.2. The van der Waals surface area contributed by atoms with Crippen LogP contribution < -0.4 is 15.8 Å². The van der Waals surface area contributed by atoms with E-state index in [4.69, 9.17) is 15.2 Å². The van der Waals surface area contributed by atoms with Gasteiger partial charge in [-0.05, 0) is 44.7 Å². The van der Waals surface area contributed by atoms with Crippen LogP contribution in [0.4, 0.5) is 11.4 Å². The summed E-state index contributed by atoms with van der Waals surface area (Å²) >= 11 is 0. The van der Waals surface area contributed by atoms with E-state index in [1.54, 1.807) is 0 Å². The molecule has 4 heteroatoms. The van der Waals surface area contributed by atoms with Crippen molar-refractivity contribution in [1.29, 1.82) is 0 Å². The third kappa shape index (κ3) is 4.63. The lowest BCUT2D eigenvalue weighted by Crippen LogP contribution is -2.13. The first kappa shape index (κ1) is 14.0. The SMILES string of the molecule is CC(C)Oc1cccc(NCCOCC2CC2)c1N. The first-order valence-electron chi connectivity index (χ1n) is 7.03. The number of ether oxygens (including phenoxy) is 2. The number of nitrogen functional groups attached to an aromatic ring is 1. The largest absolute Gasteiger partial charge is 0.489 e. The predicted molar refractivity (Wildman–Crippen MR) is 78.7 cm³/mol. The molecule has 4 nitrogen and oxygen atoms in total. The van der Waals surface area contributed by atoms with Crippen molar-refractivity contribution >= 4 is 11.4 Å². The molecule has 1 saturated carbocycles. The average Bonchev–Trinajstić information content (AvgIpc) is 3.16. The highest BCUT2D eigenvalue weighted by atomic mass is 16.5. The van der Waals surface area contributed by atoms with Crippen molar-refractivity contribution in [3.63, 3.8) is 0 Å². The quantitative estimate of drug-likeness (QED) is 0.560. The molecule has 0 bridgehead atoms. The molecule has 19 heavy (non-hydrogen) atoms. The highest BCUT2D eigenvalue weighted by Crippen LogP contribution is 2.30. The summed E-state index contributed by atoms with van der Waals surface area (Å²) in [7, 11) is 0. The summed E-state index contributed by atoms with van der Waals surface area (Å²) in [5.74, 6) is 1.55. The lowest BCUT2D eigenvalue weighted by Gasteiger charge is -2.15. The van der Waals surface area contributed by atoms with Crippen molar-refractivity contribution in [2.45, 2.75) is 32.8 Å². The van der Waals surface area contributed by atoms with Crippen molar-refractivity contribution in [2.24, 2.45) is 5.92 Å². The van der Waals surface area contributed by atoms with E-state index in [1.807, 2.05) is 32.0 Å². The van der Waals surface area contributed by atoms with Crippen LogP contribution in [0, 0.1) is 5.92 Å². The van der Waals surface area contributed by atoms with Gasteiger partial charge < -0.3 is 20.5 Å². The van der Waals surface area contributed by atoms with Crippen LogP contribution >= 0.6 is 0 Å². The number of hydrogen-bond acceptors (Lipinski definition) is 4. The monoisotopic (exact) mass is 264 g/mol. The number of nitrogens with one attached hydrogen (secondary N) is 1. The Morgan fingerprint density at radius 1 is 1.37 bits per heavy atom. The van der Waals surface area contributed by atoms with Gasteiger partial charge in [-0.15, -0.1) is 0 Å². The second-order valence-corrected chi connectivity index (χ2v) is 5.33. The Kier molecular flexibility index (Phi) is 4.91. The minimum Gasteiger partial charge on any atom is -0.489 e. The van der Waals surface area contributed by atoms with Crippen LogP contribution in [0.5, 0.6) is 5.75 Å². The van der Waals surface area contributed by atoms with Gasteiger partial charge in [0.15, 0.2) is 0 Å².